The van der Waals surface area contributed by atoms with E-state index in [-0.39, 0.29) is 30.1 Å². The van der Waals surface area contributed by atoms with Crippen LogP contribution < -0.4 is 16.3 Å². The molecule has 1 atom stereocenters. The van der Waals surface area contributed by atoms with Gasteiger partial charge in [0.05, 0.1) is 11.0 Å². The highest BCUT2D eigenvalue weighted by Gasteiger charge is 2.35. The molecule has 5 heterocycles. The summed E-state index contributed by atoms with van der Waals surface area (Å²) in [5.41, 5.74) is 4.02. The van der Waals surface area contributed by atoms with Crippen molar-refractivity contribution in [3.63, 3.8) is 0 Å². The Hall–Kier alpha value is -4.36. The van der Waals surface area contributed by atoms with Gasteiger partial charge in [-0.25, -0.2) is 14.4 Å². The first-order chi connectivity index (χ1) is 23.3. The number of rotatable bonds is 7. The molecule has 4 aliphatic heterocycles. The first-order valence-corrected chi connectivity index (χ1v) is 17.4. The number of anilines is 1. The summed E-state index contributed by atoms with van der Waals surface area (Å²) >= 11 is 0. The minimum atomic E-state index is -0.827. The molecule has 0 aliphatic carbocycles. The van der Waals surface area contributed by atoms with E-state index in [4.69, 9.17) is 4.84 Å². The van der Waals surface area contributed by atoms with E-state index in [1.165, 1.54) is 19.3 Å². The van der Waals surface area contributed by atoms with Crippen molar-refractivity contribution in [2.24, 2.45) is 7.05 Å². The highest BCUT2D eigenvalue weighted by Crippen LogP contribution is 2.28. The number of hydroxylamine groups is 2. The number of para-hydroxylation sites is 1. The van der Waals surface area contributed by atoms with Crippen LogP contribution in [0.4, 0.5) is 15.3 Å². The van der Waals surface area contributed by atoms with Gasteiger partial charge < -0.3 is 35.2 Å². The summed E-state index contributed by atoms with van der Waals surface area (Å²) in [6.07, 6.45) is 6.54. The fourth-order valence-electron chi connectivity index (χ4n) is 7.84. The van der Waals surface area contributed by atoms with Gasteiger partial charge in [-0.2, -0.15) is 0 Å². The van der Waals surface area contributed by atoms with Crippen LogP contribution in [0, 0.1) is 0 Å². The molecule has 3 fully saturated rings. The number of imidazole rings is 1. The van der Waals surface area contributed by atoms with E-state index in [9.17, 15) is 19.2 Å². The van der Waals surface area contributed by atoms with Gasteiger partial charge in [-0.05, 0) is 80.9 Å². The number of hydrogen-bond acceptors (Lipinski definition) is 7. The molecule has 0 spiro atoms. The maximum Gasteiger partial charge on any atom is 0.426 e. The molecular weight excluding hydrogens is 612 g/mol. The van der Waals surface area contributed by atoms with Crippen molar-refractivity contribution in [2.75, 3.05) is 44.6 Å². The van der Waals surface area contributed by atoms with Crippen molar-refractivity contribution in [2.45, 2.75) is 76.0 Å². The molecule has 4 aliphatic rings. The number of carbonyl (C=O) groups excluding carboxylic acids is 3. The number of urea groups is 1. The van der Waals surface area contributed by atoms with Crippen LogP contribution in [0.2, 0.25) is 0 Å². The van der Waals surface area contributed by atoms with E-state index in [1.807, 2.05) is 52.3 Å². The van der Waals surface area contributed by atoms with Crippen LogP contribution in [0.25, 0.3) is 11.0 Å². The first kappa shape index (κ1) is 32.2. The lowest BCUT2D eigenvalue weighted by molar-refractivity contribution is -0.137. The van der Waals surface area contributed by atoms with Crippen LogP contribution >= 0.6 is 0 Å². The smallest absolute Gasteiger partial charge is 0.351 e. The Kier molecular flexibility index (Phi) is 9.40. The largest absolute Gasteiger partial charge is 0.426 e. The van der Waals surface area contributed by atoms with E-state index in [0.29, 0.717) is 51.6 Å². The van der Waals surface area contributed by atoms with Crippen LogP contribution in [-0.4, -0.2) is 105 Å². The number of nitrogens with one attached hydrogen (secondary N) is 3. The minimum Gasteiger partial charge on any atom is -0.351 e. The Balaban J connectivity index is 0.984. The monoisotopic (exact) mass is 658 g/mol. The topological polar surface area (TPSA) is 135 Å². The number of fused-ring (bicyclic) bond motifs is 2. The Morgan fingerprint density at radius 2 is 1.65 bits per heavy atom. The molecular formula is C35H46N8O5. The van der Waals surface area contributed by atoms with E-state index in [2.05, 4.69) is 20.5 Å². The Labute approximate surface area is 280 Å². The highest BCUT2D eigenvalue weighted by molar-refractivity contribution is 5.92. The summed E-state index contributed by atoms with van der Waals surface area (Å²) in [6.45, 7) is 5.08. The number of hydrogen-bond donors (Lipinski definition) is 3. The van der Waals surface area contributed by atoms with E-state index >= 15 is 0 Å². The summed E-state index contributed by atoms with van der Waals surface area (Å²) in [7, 11) is 1.70. The third kappa shape index (κ3) is 6.93. The molecule has 0 bridgehead atoms. The predicted molar refractivity (Wildman–Crippen MR) is 181 cm³/mol. The highest BCUT2D eigenvalue weighted by atomic mass is 16.7. The van der Waals surface area contributed by atoms with Crippen molar-refractivity contribution in [3.8, 4) is 0 Å². The van der Waals surface area contributed by atoms with Crippen LogP contribution in [0.15, 0.2) is 47.3 Å². The summed E-state index contributed by atoms with van der Waals surface area (Å²) in [4.78, 5) is 67.2. The van der Waals surface area contributed by atoms with E-state index in [1.54, 1.807) is 16.7 Å². The minimum absolute atomic E-state index is 0.0303. The van der Waals surface area contributed by atoms with E-state index in [0.717, 1.165) is 53.8 Å². The molecule has 1 unspecified atom stereocenters. The lowest BCUT2D eigenvalue weighted by Crippen LogP contribution is -2.55. The lowest BCUT2D eigenvalue weighted by atomic mass is 9.98. The molecule has 256 valence electrons. The summed E-state index contributed by atoms with van der Waals surface area (Å²) < 4.78 is 1.54. The van der Waals surface area contributed by atoms with Crippen LogP contribution in [0.1, 0.15) is 56.1 Å². The predicted octanol–water partition coefficient (Wildman–Crippen LogP) is 3.41. The molecule has 13 heteroatoms. The number of likely N-dealkylation sites (tertiary alicyclic amines) is 2. The normalized spacial score (nSPS) is 20.7. The van der Waals surface area contributed by atoms with Crippen LogP contribution in [0.3, 0.4) is 0 Å². The Morgan fingerprint density at radius 3 is 2.42 bits per heavy atom. The molecule has 0 radical (unpaired) electrons. The van der Waals surface area contributed by atoms with Crippen molar-refractivity contribution < 1.29 is 19.2 Å². The van der Waals surface area contributed by atoms with Gasteiger partial charge in [0.1, 0.15) is 6.04 Å². The number of H-pyrrole nitrogens is 1. The van der Waals surface area contributed by atoms with Crippen molar-refractivity contribution in [1.82, 2.24) is 34.6 Å². The van der Waals surface area contributed by atoms with Gasteiger partial charge in [-0.1, -0.05) is 30.7 Å². The third-order valence-corrected chi connectivity index (χ3v) is 10.6. The van der Waals surface area contributed by atoms with Gasteiger partial charge in [-0.3, -0.25) is 9.36 Å². The zero-order valence-corrected chi connectivity index (χ0v) is 27.7. The van der Waals surface area contributed by atoms with Crippen molar-refractivity contribution in [1.29, 1.82) is 0 Å². The maximum atomic E-state index is 14.0. The number of aromatic amines is 1. The Morgan fingerprint density at radius 1 is 0.917 bits per heavy atom. The second-order valence-corrected chi connectivity index (χ2v) is 13.6. The van der Waals surface area contributed by atoms with Gasteiger partial charge in [0.15, 0.2) is 0 Å². The summed E-state index contributed by atoms with van der Waals surface area (Å²) in [5.74, 6) is -0.123. The molecule has 7 rings (SSSR count). The van der Waals surface area contributed by atoms with E-state index < -0.39 is 12.1 Å². The zero-order valence-electron chi connectivity index (χ0n) is 27.7. The molecule has 2 aromatic carbocycles. The van der Waals surface area contributed by atoms with Gasteiger partial charge >= 0.3 is 17.8 Å². The molecule has 3 N–H and O–H groups in total. The van der Waals surface area contributed by atoms with Gasteiger partial charge in [0.25, 0.3) is 0 Å². The average molecular weight is 659 g/mol. The molecule has 4 amide bonds. The van der Waals surface area contributed by atoms with Gasteiger partial charge in [-0.15, -0.1) is 5.06 Å². The number of carbonyl (C=O) groups is 3. The zero-order chi connectivity index (χ0) is 33.2. The molecule has 48 heavy (non-hydrogen) atoms. The summed E-state index contributed by atoms with van der Waals surface area (Å²) in [5, 5.41) is 7.49. The number of piperidine rings is 3. The number of aromatic nitrogens is 2. The average Bonchev–Trinajstić information content (AvgIpc) is 3.40. The fourth-order valence-corrected chi connectivity index (χ4v) is 7.84. The second kappa shape index (κ2) is 14.0. The third-order valence-electron chi connectivity index (χ3n) is 10.6. The molecule has 3 saturated heterocycles. The van der Waals surface area contributed by atoms with Crippen LogP contribution in [-0.2, 0) is 29.6 Å². The molecule has 3 aromatic rings. The molecule has 13 nitrogen and oxygen atoms in total. The van der Waals surface area contributed by atoms with Crippen LogP contribution in [0.5, 0.6) is 0 Å². The number of aryl methyl sites for hydroxylation is 1. The van der Waals surface area contributed by atoms with Gasteiger partial charge in [0, 0.05) is 64.0 Å². The number of nitrogens with zero attached hydrogens (tertiary/aromatic N) is 5. The fraction of sp³-hybridized carbons (Fsp3) is 0.543. The Bertz CT molecular complexity index is 1700. The quantitative estimate of drug-likeness (QED) is 0.354. The van der Waals surface area contributed by atoms with Gasteiger partial charge in [0.2, 0.25) is 5.91 Å². The molecule has 0 saturated carbocycles. The van der Waals surface area contributed by atoms with Crippen molar-refractivity contribution >= 4 is 34.8 Å². The lowest BCUT2D eigenvalue weighted by Gasteiger charge is -2.41. The molecule has 1 aromatic heterocycles. The summed E-state index contributed by atoms with van der Waals surface area (Å²) in [6, 6.07) is 13.0. The maximum absolute atomic E-state index is 14.0. The first-order valence-electron chi connectivity index (χ1n) is 17.4. The SMILES string of the molecule is Cn1c(=O)[nH]c2ccc(CC(NC(=O)ON3CCC(N4Cc5ccccc5NC4=O)CC3)C(=O)N3CCC(N4CCCCC4)CC3)cc21. The number of amides is 4. The number of benzene rings is 2. The van der Waals surface area contributed by atoms with Crippen molar-refractivity contribution in [3.05, 3.63) is 64.1 Å². The standard InChI is InChI=1S/C35H46N8O5/c1-39-31-22-24(9-10-29(31)37-33(39)45)21-30(32(44)41-17-11-26(12-18-41)40-15-5-2-6-16-40)38-35(47)48-42-19-13-27(14-20-42)43-23-25-7-3-4-8-28(25)36-34(43)46/h3-4,7-10,22,26-27,30H,2,5-6,11-21,23H2,1H3,(H,36,46)(H,37,45)(H,38,47). The second-order valence-electron chi connectivity index (χ2n) is 13.6.